The molecule has 0 saturated carbocycles. The van der Waals surface area contributed by atoms with E-state index in [1.54, 1.807) is 12.1 Å². The first-order chi connectivity index (χ1) is 8.79. The van der Waals surface area contributed by atoms with Crippen LogP contribution in [0, 0.1) is 0 Å². The molecule has 0 spiro atoms. The van der Waals surface area contributed by atoms with Crippen molar-refractivity contribution in [3.63, 3.8) is 0 Å². The molecule has 0 aromatic heterocycles. The van der Waals surface area contributed by atoms with Crippen LogP contribution in [0.5, 0.6) is 5.75 Å². The quantitative estimate of drug-likeness (QED) is 0.594. The standard InChI is InChI=1S/C14H17BrO3/c15-13-9-11(10-16)5-6-14(13)18-8-2-4-12-3-1-7-17-12/h5-6,9-10,12H,1-4,7-8H2. The minimum Gasteiger partial charge on any atom is -0.492 e. The lowest BCUT2D eigenvalue weighted by Gasteiger charge is -2.11. The van der Waals surface area contributed by atoms with Gasteiger partial charge < -0.3 is 9.47 Å². The molecule has 1 saturated heterocycles. The Morgan fingerprint density at radius 1 is 1.50 bits per heavy atom. The van der Waals surface area contributed by atoms with Gasteiger partial charge in [-0.05, 0) is 59.8 Å². The lowest BCUT2D eigenvalue weighted by atomic mass is 10.1. The third-order valence-electron chi connectivity index (χ3n) is 3.04. The summed E-state index contributed by atoms with van der Waals surface area (Å²) in [5.41, 5.74) is 0.647. The molecule has 4 heteroatoms. The van der Waals surface area contributed by atoms with Gasteiger partial charge in [0.15, 0.2) is 0 Å². The molecule has 3 nitrogen and oxygen atoms in total. The van der Waals surface area contributed by atoms with Crippen LogP contribution in [0.1, 0.15) is 36.0 Å². The Morgan fingerprint density at radius 2 is 2.39 bits per heavy atom. The van der Waals surface area contributed by atoms with E-state index in [9.17, 15) is 4.79 Å². The van der Waals surface area contributed by atoms with Crippen LogP contribution in [0.4, 0.5) is 0 Å². The molecule has 0 bridgehead atoms. The van der Waals surface area contributed by atoms with E-state index in [0.717, 1.165) is 36.0 Å². The van der Waals surface area contributed by atoms with Crippen LogP contribution in [-0.4, -0.2) is 25.6 Å². The van der Waals surface area contributed by atoms with Gasteiger partial charge in [0.05, 0.1) is 17.2 Å². The molecule has 2 rings (SSSR count). The summed E-state index contributed by atoms with van der Waals surface area (Å²) >= 11 is 3.40. The Morgan fingerprint density at radius 3 is 3.06 bits per heavy atom. The number of carbonyl (C=O) groups excluding carboxylic acids is 1. The van der Waals surface area contributed by atoms with Crippen LogP contribution in [0.2, 0.25) is 0 Å². The number of carbonyl (C=O) groups is 1. The molecule has 1 aromatic carbocycles. The molecule has 98 valence electrons. The number of benzene rings is 1. The van der Waals surface area contributed by atoms with Gasteiger partial charge in [0, 0.05) is 12.2 Å². The van der Waals surface area contributed by atoms with Gasteiger partial charge in [-0.2, -0.15) is 0 Å². The minimum atomic E-state index is 0.425. The van der Waals surface area contributed by atoms with Gasteiger partial charge in [0.1, 0.15) is 12.0 Å². The van der Waals surface area contributed by atoms with Crippen molar-refractivity contribution in [1.82, 2.24) is 0 Å². The number of ether oxygens (including phenoxy) is 2. The Kier molecular flexibility index (Phi) is 5.20. The van der Waals surface area contributed by atoms with Crippen molar-refractivity contribution < 1.29 is 14.3 Å². The summed E-state index contributed by atoms with van der Waals surface area (Å²) in [5, 5.41) is 0. The summed E-state index contributed by atoms with van der Waals surface area (Å²) in [6.07, 6.45) is 5.67. The molecular weight excluding hydrogens is 296 g/mol. The summed E-state index contributed by atoms with van der Waals surface area (Å²) < 4.78 is 12.1. The zero-order valence-electron chi connectivity index (χ0n) is 10.2. The Bertz CT molecular complexity index is 400. The molecule has 1 aliphatic heterocycles. The molecule has 1 atom stereocenters. The van der Waals surface area contributed by atoms with E-state index in [0.29, 0.717) is 18.3 Å². The van der Waals surface area contributed by atoms with E-state index in [4.69, 9.17) is 9.47 Å². The number of rotatable bonds is 6. The summed E-state index contributed by atoms with van der Waals surface area (Å²) in [4.78, 5) is 10.6. The van der Waals surface area contributed by atoms with Crippen LogP contribution < -0.4 is 4.74 Å². The van der Waals surface area contributed by atoms with Crippen molar-refractivity contribution >= 4 is 22.2 Å². The zero-order chi connectivity index (χ0) is 12.8. The summed E-state index contributed by atoms with van der Waals surface area (Å²) in [6, 6.07) is 5.34. The molecule has 0 N–H and O–H groups in total. The summed E-state index contributed by atoms with van der Waals surface area (Å²) in [5.74, 6) is 0.785. The lowest BCUT2D eigenvalue weighted by molar-refractivity contribution is 0.0981. The third-order valence-corrected chi connectivity index (χ3v) is 3.66. The Balaban J connectivity index is 1.74. The van der Waals surface area contributed by atoms with E-state index in [-0.39, 0.29) is 0 Å². The maximum Gasteiger partial charge on any atom is 0.150 e. The first kappa shape index (κ1) is 13.6. The molecule has 0 amide bonds. The van der Waals surface area contributed by atoms with Gasteiger partial charge in [-0.25, -0.2) is 0 Å². The Labute approximate surface area is 116 Å². The smallest absolute Gasteiger partial charge is 0.150 e. The monoisotopic (exact) mass is 312 g/mol. The highest BCUT2D eigenvalue weighted by atomic mass is 79.9. The van der Waals surface area contributed by atoms with E-state index >= 15 is 0 Å². The van der Waals surface area contributed by atoms with Gasteiger partial charge in [0.2, 0.25) is 0 Å². The second kappa shape index (κ2) is 6.90. The molecule has 1 aliphatic rings. The summed E-state index contributed by atoms with van der Waals surface area (Å²) in [6.45, 7) is 1.59. The average molecular weight is 313 g/mol. The van der Waals surface area contributed by atoms with Crippen molar-refractivity contribution in [1.29, 1.82) is 0 Å². The maximum atomic E-state index is 10.6. The number of hydrogen-bond acceptors (Lipinski definition) is 3. The van der Waals surface area contributed by atoms with Crippen molar-refractivity contribution in [2.75, 3.05) is 13.2 Å². The first-order valence-electron chi connectivity index (χ1n) is 6.29. The largest absolute Gasteiger partial charge is 0.492 e. The van der Waals surface area contributed by atoms with Crippen LogP contribution in [0.3, 0.4) is 0 Å². The molecule has 18 heavy (non-hydrogen) atoms. The molecule has 1 unspecified atom stereocenters. The SMILES string of the molecule is O=Cc1ccc(OCCCC2CCCO2)c(Br)c1. The van der Waals surface area contributed by atoms with E-state index in [1.807, 2.05) is 6.07 Å². The second-order valence-electron chi connectivity index (χ2n) is 4.43. The number of aldehydes is 1. The van der Waals surface area contributed by atoms with Gasteiger partial charge in [-0.3, -0.25) is 4.79 Å². The fourth-order valence-corrected chi connectivity index (χ4v) is 2.58. The molecule has 0 radical (unpaired) electrons. The van der Waals surface area contributed by atoms with Crippen molar-refractivity contribution in [3.05, 3.63) is 28.2 Å². The van der Waals surface area contributed by atoms with E-state index in [1.165, 1.54) is 12.8 Å². The molecule has 1 aromatic rings. The fourth-order valence-electron chi connectivity index (χ4n) is 2.07. The van der Waals surface area contributed by atoms with Crippen LogP contribution >= 0.6 is 15.9 Å². The zero-order valence-corrected chi connectivity index (χ0v) is 11.8. The van der Waals surface area contributed by atoms with Gasteiger partial charge in [0.25, 0.3) is 0 Å². The number of halogens is 1. The normalized spacial score (nSPS) is 18.8. The maximum absolute atomic E-state index is 10.6. The highest BCUT2D eigenvalue weighted by Gasteiger charge is 2.14. The molecule has 1 heterocycles. The van der Waals surface area contributed by atoms with Crippen LogP contribution in [0.25, 0.3) is 0 Å². The third kappa shape index (κ3) is 3.82. The predicted octanol–water partition coefficient (Wildman–Crippen LogP) is 3.60. The molecular formula is C14H17BrO3. The van der Waals surface area contributed by atoms with E-state index < -0.39 is 0 Å². The fraction of sp³-hybridized carbons (Fsp3) is 0.500. The van der Waals surface area contributed by atoms with Gasteiger partial charge >= 0.3 is 0 Å². The topological polar surface area (TPSA) is 35.5 Å². The van der Waals surface area contributed by atoms with Crippen LogP contribution in [0.15, 0.2) is 22.7 Å². The first-order valence-corrected chi connectivity index (χ1v) is 7.08. The van der Waals surface area contributed by atoms with Gasteiger partial charge in [-0.1, -0.05) is 0 Å². The van der Waals surface area contributed by atoms with Crippen molar-refractivity contribution in [3.8, 4) is 5.75 Å². The van der Waals surface area contributed by atoms with Crippen LogP contribution in [-0.2, 0) is 4.74 Å². The minimum absolute atomic E-state index is 0.425. The van der Waals surface area contributed by atoms with E-state index in [2.05, 4.69) is 15.9 Å². The lowest BCUT2D eigenvalue weighted by Crippen LogP contribution is -2.07. The molecule has 0 aliphatic carbocycles. The highest BCUT2D eigenvalue weighted by molar-refractivity contribution is 9.10. The second-order valence-corrected chi connectivity index (χ2v) is 5.29. The summed E-state index contributed by atoms with van der Waals surface area (Å²) in [7, 11) is 0. The predicted molar refractivity (Wildman–Crippen MR) is 73.2 cm³/mol. The van der Waals surface area contributed by atoms with Crippen molar-refractivity contribution in [2.24, 2.45) is 0 Å². The van der Waals surface area contributed by atoms with Crippen molar-refractivity contribution in [2.45, 2.75) is 31.8 Å². The average Bonchev–Trinajstić information content (AvgIpc) is 2.89. The molecule has 1 fully saturated rings. The highest BCUT2D eigenvalue weighted by Crippen LogP contribution is 2.26. The number of hydrogen-bond donors (Lipinski definition) is 0. The Hall–Kier alpha value is -0.870. The van der Waals surface area contributed by atoms with Gasteiger partial charge in [-0.15, -0.1) is 0 Å².